The maximum atomic E-state index is 12.4. The molecule has 0 saturated heterocycles. The predicted octanol–water partition coefficient (Wildman–Crippen LogP) is 4.66. The number of aliphatic carboxylic acids is 1. The first-order valence-corrected chi connectivity index (χ1v) is 10.1. The van der Waals surface area contributed by atoms with Crippen molar-refractivity contribution in [3.63, 3.8) is 0 Å². The Morgan fingerprint density at radius 2 is 1.97 bits per heavy atom. The minimum absolute atomic E-state index is 0.116. The highest BCUT2D eigenvalue weighted by Crippen LogP contribution is 2.23. The van der Waals surface area contributed by atoms with Gasteiger partial charge in [0, 0.05) is 25.6 Å². The van der Waals surface area contributed by atoms with Gasteiger partial charge in [0.2, 0.25) is 0 Å². The average Bonchev–Trinajstić information content (AvgIpc) is 2.69. The third-order valence-corrected chi connectivity index (χ3v) is 4.86. The number of carbonyl (C=O) groups excluding carboxylic acids is 1. The van der Waals surface area contributed by atoms with Crippen molar-refractivity contribution in [2.45, 2.75) is 46.5 Å². The van der Waals surface area contributed by atoms with Gasteiger partial charge in [0.1, 0.15) is 5.82 Å². The van der Waals surface area contributed by atoms with Crippen molar-refractivity contribution in [1.29, 1.82) is 0 Å². The minimum Gasteiger partial charge on any atom is -0.481 e. The molecule has 0 atom stereocenters. The molecule has 0 fully saturated rings. The first-order valence-electron chi connectivity index (χ1n) is 10.1. The van der Waals surface area contributed by atoms with Crippen molar-refractivity contribution >= 4 is 17.8 Å². The summed E-state index contributed by atoms with van der Waals surface area (Å²) < 4.78 is 0. The van der Waals surface area contributed by atoms with Crippen LogP contribution in [0.3, 0.4) is 0 Å². The number of hydrogen-bond acceptors (Lipinski definition) is 3. The van der Waals surface area contributed by atoms with Crippen molar-refractivity contribution in [3.05, 3.63) is 47.5 Å². The number of nitrogens with one attached hydrogen (secondary N) is 1. The van der Waals surface area contributed by atoms with Crippen LogP contribution in [0.1, 0.15) is 44.2 Å². The van der Waals surface area contributed by atoms with Gasteiger partial charge in [-0.25, -0.2) is 9.78 Å². The molecule has 2 rings (SSSR count). The van der Waals surface area contributed by atoms with E-state index in [-0.39, 0.29) is 12.5 Å². The third kappa shape index (κ3) is 6.89. The zero-order chi connectivity index (χ0) is 21.4. The Bertz CT molecular complexity index is 849. The molecule has 156 valence electrons. The number of carbonyl (C=O) groups is 2. The number of nitrogens with zero attached hydrogens (tertiary/aromatic N) is 2. The van der Waals surface area contributed by atoms with E-state index in [1.807, 2.05) is 43.3 Å². The highest BCUT2D eigenvalue weighted by molar-refractivity contribution is 5.90. The topological polar surface area (TPSA) is 82.5 Å². The molecule has 2 aromatic rings. The number of anilines is 1. The van der Waals surface area contributed by atoms with Gasteiger partial charge in [-0.1, -0.05) is 32.0 Å². The van der Waals surface area contributed by atoms with Crippen LogP contribution in [0.5, 0.6) is 0 Å². The molecule has 6 heteroatoms. The quantitative estimate of drug-likeness (QED) is 0.603. The van der Waals surface area contributed by atoms with E-state index in [1.54, 1.807) is 7.05 Å². The highest BCUT2D eigenvalue weighted by atomic mass is 16.4. The summed E-state index contributed by atoms with van der Waals surface area (Å²) in [6.07, 6.45) is 2.66. The maximum Gasteiger partial charge on any atom is 0.322 e. The molecular formula is C23H31N3O3. The zero-order valence-corrected chi connectivity index (χ0v) is 17.7. The number of aryl methyl sites for hydroxylation is 2. The number of aromatic nitrogens is 1. The summed E-state index contributed by atoms with van der Waals surface area (Å²) in [4.78, 5) is 29.3. The Morgan fingerprint density at radius 3 is 2.62 bits per heavy atom. The van der Waals surface area contributed by atoms with E-state index in [4.69, 9.17) is 5.11 Å². The number of rotatable bonds is 9. The van der Waals surface area contributed by atoms with Crippen molar-refractivity contribution in [2.75, 3.05) is 18.5 Å². The molecule has 0 aliphatic rings. The molecule has 29 heavy (non-hydrogen) atoms. The highest BCUT2D eigenvalue weighted by Gasteiger charge is 2.13. The van der Waals surface area contributed by atoms with Gasteiger partial charge >= 0.3 is 12.0 Å². The lowest BCUT2D eigenvalue weighted by Crippen LogP contribution is -2.38. The molecule has 2 N–H and O–H groups in total. The second-order valence-corrected chi connectivity index (χ2v) is 7.74. The Kier molecular flexibility index (Phi) is 8.19. The van der Waals surface area contributed by atoms with Crippen LogP contribution in [0.2, 0.25) is 0 Å². The summed E-state index contributed by atoms with van der Waals surface area (Å²) in [5.41, 5.74) is 3.77. The number of benzene rings is 1. The van der Waals surface area contributed by atoms with Crippen LogP contribution in [-0.4, -0.2) is 35.7 Å². The summed E-state index contributed by atoms with van der Waals surface area (Å²) in [7, 11) is 1.71. The molecule has 0 aliphatic carbocycles. The van der Waals surface area contributed by atoms with Gasteiger partial charge in [-0.3, -0.25) is 9.69 Å². The van der Waals surface area contributed by atoms with Crippen LogP contribution in [0, 0.1) is 12.8 Å². The Hall–Kier alpha value is -2.89. The lowest BCUT2D eigenvalue weighted by Gasteiger charge is -2.18. The first-order chi connectivity index (χ1) is 13.8. The van der Waals surface area contributed by atoms with Gasteiger partial charge in [-0.15, -0.1) is 0 Å². The summed E-state index contributed by atoms with van der Waals surface area (Å²) in [6.45, 7) is 6.97. The van der Waals surface area contributed by atoms with Crippen LogP contribution < -0.4 is 10.2 Å². The second kappa shape index (κ2) is 10.6. The van der Waals surface area contributed by atoms with Gasteiger partial charge in [0.25, 0.3) is 0 Å². The fraction of sp³-hybridized carbons (Fsp3) is 0.435. The molecule has 0 saturated carbocycles. The molecule has 1 heterocycles. The number of urea groups is 1. The van der Waals surface area contributed by atoms with Crippen LogP contribution in [0.15, 0.2) is 36.4 Å². The van der Waals surface area contributed by atoms with E-state index in [1.165, 1.54) is 4.90 Å². The first kappa shape index (κ1) is 22.4. The Morgan fingerprint density at radius 1 is 1.21 bits per heavy atom. The average molecular weight is 398 g/mol. The fourth-order valence-corrected chi connectivity index (χ4v) is 3.08. The largest absolute Gasteiger partial charge is 0.481 e. The predicted molar refractivity (Wildman–Crippen MR) is 116 cm³/mol. The Labute approximate surface area is 173 Å². The van der Waals surface area contributed by atoms with Crippen LogP contribution in [0.4, 0.5) is 10.6 Å². The molecule has 6 nitrogen and oxygen atoms in total. The maximum absolute atomic E-state index is 12.4. The van der Waals surface area contributed by atoms with Crippen molar-refractivity contribution < 1.29 is 14.7 Å². The van der Waals surface area contributed by atoms with Crippen LogP contribution >= 0.6 is 0 Å². The van der Waals surface area contributed by atoms with Crippen molar-refractivity contribution in [2.24, 2.45) is 5.92 Å². The van der Waals surface area contributed by atoms with Crippen molar-refractivity contribution in [3.8, 4) is 11.3 Å². The lowest BCUT2D eigenvalue weighted by molar-refractivity contribution is -0.136. The molecule has 0 unspecified atom stereocenters. The van der Waals surface area contributed by atoms with E-state index >= 15 is 0 Å². The lowest BCUT2D eigenvalue weighted by atomic mass is 9.99. The molecule has 0 aliphatic heterocycles. The number of amides is 2. The molecule has 1 aromatic carbocycles. The smallest absolute Gasteiger partial charge is 0.322 e. The van der Waals surface area contributed by atoms with Gasteiger partial charge in [0.05, 0.1) is 5.69 Å². The van der Waals surface area contributed by atoms with E-state index in [2.05, 4.69) is 24.1 Å². The molecule has 0 spiro atoms. The number of hydrogen-bond donors (Lipinski definition) is 2. The van der Waals surface area contributed by atoms with Gasteiger partial charge in [-0.05, 0) is 61.4 Å². The third-order valence-electron chi connectivity index (χ3n) is 4.86. The summed E-state index contributed by atoms with van der Waals surface area (Å²) in [5, 5.41) is 11.8. The van der Waals surface area contributed by atoms with E-state index in [0.717, 1.165) is 35.2 Å². The van der Waals surface area contributed by atoms with Crippen LogP contribution in [0.25, 0.3) is 11.3 Å². The number of carboxylic acid groups (broad SMARTS) is 1. The van der Waals surface area contributed by atoms with Gasteiger partial charge < -0.3 is 10.4 Å². The van der Waals surface area contributed by atoms with Crippen molar-refractivity contribution in [1.82, 2.24) is 10.3 Å². The molecule has 0 radical (unpaired) electrons. The molecule has 1 aromatic heterocycles. The normalized spacial score (nSPS) is 10.8. The number of pyridine rings is 1. The SMILES string of the molecule is Cc1cc(-c2cccc(N(C)C(=O)NCCCC(C)C)n2)ccc1CCC(=O)O. The van der Waals surface area contributed by atoms with Gasteiger partial charge in [0.15, 0.2) is 0 Å². The van der Waals surface area contributed by atoms with Crippen LogP contribution in [-0.2, 0) is 11.2 Å². The van der Waals surface area contributed by atoms with E-state index in [9.17, 15) is 9.59 Å². The standard InChI is InChI=1S/C23H31N3O3/c1-16(2)7-6-14-24-23(29)26(4)21-9-5-8-20(25-21)19-11-10-18(17(3)15-19)12-13-22(27)28/h5,8-11,15-16H,6-7,12-14H2,1-4H3,(H,24,29)(H,27,28). The summed E-state index contributed by atoms with van der Waals surface area (Å²) in [6, 6.07) is 11.3. The summed E-state index contributed by atoms with van der Waals surface area (Å²) in [5.74, 6) is 0.409. The molecule has 0 bridgehead atoms. The fourth-order valence-electron chi connectivity index (χ4n) is 3.08. The molecule has 2 amide bonds. The molecular weight excluding hydrogens is 366 g/mol. The van der Waals surface area contributed by atoms with E-state index < -0.39 is 5.97 Å². The minimum atomic E-state index is -0.798. The van der Waals surface area contributed by atoms with Gasteiger partial charge in [-0.2, -0.15) is 0 Å². The second-order valence-electron chi connectivity index (χ2n) is 7.74. The monoisotopic (exact) mass is 397 g/mol. The summed E-state index contributed by atoms with van der Waals surface area (Å²) >= 11 is 0. The zero-order valence-electron chi connectivity index (χ0n) is 17.7. The van der Waals surface area contributed by atoms with E-state index in [0.29, 0.717) is 24.7 Å². The number of carboxylic acids is 1. The Balaban J connectivity index is 2.07.